The van der Waals surface area contributed by atoms with Crippen LogP contribution in [0.15, 0.2) is 48.5 Å². The summed E-state index contributed by atoms with van der Waals surface area (Å²) >= 11 is 0. The summed E-state index contributed by atoms with van der Waals surface area (Å²) in [5.41, 5.74) is 9.06. The van der Waals surface area contributed by atoms with Crippen molar-refractivity contribution in [1.29, 1.82) is 0 Å². The lowest BCUT2D eigenvalue weighted by Crippen LogP contribution is -2.12. The van der Waals surface area contributed by atoms with E-state index in [4.69, 9.17) is 4.74 Å². The van der Waals surface area contributed by atoms with Crippen LogP contribution in [-0.2, 0) is 19.3 Å². The fourth-order valence-corrected chi connectivity index (χ4v) is 6.28. The molecule has 1 fully saturated rings. The summed E-state index contributed by atoms with van der Waals surface area (Å²) in [6, 6.07) is 17.2. The van der Waals surface area contributed by atoms with Gasteiger partial charge < -0.3 is 4.74 Å². The molecule has 0 radical (unpaired) electrons. The quantitative estimate of drug-likeness (QED) is 0.240. The first-order valence-corrected chi connectivity index (χ1v) is 15.6. The van der Waals surface area contributed by atoms with Crippen molar-refractivity contribution in [2.45, 2.75) is 105 Å². The summed E-state index contributed by atoms with van der Waals surface area (Å²) in [6.45, 7) is 14.2. The molecule has 3 aromatic rings. The van der Waals surface area contributed by atoms with E-state index in [0.717, 1.165) is 61.5 Å². The molecule has 2 heteroatoms. The van der Waals surface area contributed by atoms with Crippen molar-refractivity contribution in [3.05, 3.63) is 76.6 Å². The van der Waals surface area contributed by atoms with Crippen LogP contribution in [0.4, 0.5) is 4.39 Å². The van der Waals surface area contributed by atoms with E-state index in [9.17, 15) is 0 Å². The summed E-state index contributed by atoms with van der Waals surface area (Å²) in [6.07, 6.45) is 9.89. The number of hydrogen-bond donors (Lipinski definition) is 0. The van der Waals surface area contributed by atoms with Gasteiger partial charge >= 0.3 is 0 Å². The zero-order chi connectivity index (χ0) is 27.9. The standard InChI is InChI=1S/C37H49FO/c1-7-26(8-2)24-39-37-28(10-4)21-33(22-29(37)11-5)31-16-18-34(27(9-3)20-31)35-19-17-32(23-36(35)38)30-14-12-25(6)13-15-30/h16-23,25-26,30H,7-15,24H2,1-6H3. The highest BCUT2D eigenvalue weighted by atomic mass is 19.1. The van der Waals surface area contributed by atoms with Crippen molar-refractivity contribution in [2.75, 3.05) is 6.61 Å². The van der Waals surface area contributed by atoms with Gasteiger partial charge in [-0.3, -0.25) is 0 Å². The van der Waals surface area contributed by atoms with E-state index in [1.807, 2.05) is 12.1 Å². The second-order valence-corrected chi connectivity index (χ2v) is 11.7. The molecule has 39 heavy (non-hydrogen) atoms. The van der Waals surface area contributed by atoms with Crippen molar-refractivity contribution in [1.82, 2.24) is 0 Å². The normalized spacial score (nSPS) is 17.5. The Labute approximate surface area is 237 Å². The average molecular weight is 529 g/mol. The summed E-state index contributed by atoms with van der Waals surface area (Å²) < 4.78 is 22.0. The number of ether oxygens (including phenoxy) is 1. The summed E-state index contributed by atoms with van der Waals surface area (Å²) in [5, 5.41) is 0. The third-order valence-corrected chi connectivity index (χ3v) is 9.21. The van der Waals surface area contributed by atoms with Crippen molar-refractivity contribution < 1.29 is 9.13 Å². The maximum absolute atomic E-state index is 15.5. The second-order valence-electron chi connectivity index (χ2n) is 11.7. The molecule has 3 aromatic carbocycles. The number of benzene rings is 3. The number of halogens is 1. The van der Waals surface area contributed by atoms with Crippen molar-refractivity contribution >= 4 is 0 Å². The zero-order valence-electron chi connectivity index (χ0n) is 25.2. The Morgan fingerprint density at radius 2 is 1.31 bits per heavy atom. The van der Waals surface area contributed by atoms with Crippen LogP contribution in [0.5, 0.6) is 5.75 Å². The lowest BCUT2D eigenvalue weighted by atomic mass is 9.79. The lowest BCUT2D eigenvalue weighted by Gasteiger charge is -2.26. The molecule has 0 aromatic heterocycles. The van der Waals surface area contributed by atoms with E-state index < -0.39 is 0 Å². The fraction of sp³-hybridized carbons (Fsp3) is 0.514. The van der Waals surface area contributed by atoms with E-state index in [2.05, 4.69) is 77.9 Å². The van der Waals surface area contributed by atoms with Gasteiger partial charge in [-0.15, -0.1) is 0 Å². The maximum Gasteiger partial charge on any atom is 0.131 e. The molecule has 0 N–H and O–H groups in total. The number of aryl methyl sites for hydroxylation is 3. The van der Waals surface area contributed by atoms with E-state index in [1.54, 1.807) is 0 Å². The molecule has 1 saturated carbocycles. The van der Waals surface area contributed by atoms with Gasteiger partial charge in [-0.1, -0.05) is 97.6 Å². The molecule has 0 bridgehead atoms. The predicted octanol–water partition coefficient (Wildman–Crippen LogP) is 11.0. The molecule has 0 aliphatic heterocycles. The molecule has 1 aliphatic rings. The molecule has 1 aliphatic carbocycles. The van der Waals surface area contributed by atoms with Gasteiger partial charge in [0, 0.05) is 5.56 Å². The molecule has 0 heterocycles. The van der Waals surface area contributed by atoms with Crippen LogP contribution < -0.4 is 4.74 Å². The van der Waals surface area contributed by atoms with Crippen LogP contribution in [0.1, 0.15) is 108 Å². The minimum absolute atomic E-state index is 0.0888. The van der Waals surface area contributed by atoms with Gasteiger partial charge in [0.2, 0.25) is 0 Å². The highest BCUT2D eigenvalue weighted by Crippen LogP contribution is 2.39. The molecule has 0 spiro atoms. The highest BCUT2D eigenvalue weighted by molar-refractivity contribution is 5.75. The molecule has 0 unspecified atom stereocenters. The summed E-state index contributed by atoms with van der Waals surface area (Å²) in [7, 11) is 0. The number of hydrogen-bond acceptors (Lipinski definition) is 1. The van der Waals surface area contributed by atoms with Crippen LogP contribution in [0.3, 0.4) is 0 Å². The van der Waals surface area contributed by atoms with Crippen LogP contribution in [-0.4, -0.2) is 6.61 Å². The van der Waals surface area contributed by atoms with Gasteiger partial charge in [-0.2, -0.15) is 0 Å². The van der Waals surface area contributed by atoms with Crippen LogP contribution in [0.25, 0.3) is 22.3 Å². The Bertz CT molecular complexity index is 1210. The molecular weight excluding hydrogens is 479 g/mol. The lowest BCUT2D eigenvalue weighted by molar-refractivity contribution is 0.237. The molecule has 0 saturated heterocycles. The maximum atomic E-state index is 15.5. The van der Waals surface area contributed by atoms with Crippen LogP contribution in [0.2, 0.25) is 0 Å². The van der Waals surface area contributed by atoms with Gasteiger partial charge in [-0.25, -0.2) is 4.39 Å². The van der Waals surface area contributed by atoms with Crippen LogP contribution >= 0.6 is 0 Å². The molecule has 4 rings (SSSR count). The third kappa shape index (κ3) is 6.76. The molecule has 1 nitrogen and oxygen atoms in total. The predicted molar refractivity (Wildman–Crippen MR) is 165 cm³/mol. The number of rotatable bonds is 11. The molecular formula is C37H49FO. The van der Waals surface area contributed by atoms with E-state index in [0.29, 0.717) is 11.8 Å². The van der Waals surface area contributed by atoms with Crippen molar-refractivity contribution in [2.24, 2.45) is 11.8 Å². The van der Waals surface area contributed by atoms with Gasteiger partial charge in [0.15, 0.2) is 0 Å². The topological polar surface area (TPSA) is 9.23 Å². The Kier molecular flexibility index (Phi) is 10.3. The fourth-order valence-electron chi connectivity index (χ4n) is 6.28. The first-order chi connectivity index (χ1) is 18.9. The summed E-state index contributed by atoms with van der Waals surface area (Å²) in [5.74, 6) is 2.89. The highest BCUT2D eigenvalue weighted by Gasteiger charge is 2.21. The average Bonchev–Trinajstić information content (AvgIpc) is 2.97. The van der Waals surface area contributed by atoms with E-state index in [1.165, 1.54) is 59.1 Å². The molecule has 0 amide bonds. The van der Waals surface area contributed by atoms with E-state index in [-0.39, 0.29) is 5.82 Å². The first-order valence-electron chi connectivity index (χ1n) is 15.6. The SMILES string of the molecule is CCc1cc(-c2cc(CC)c(OCC(CC)CC)c(CC)c2)ccc1-c1ccc(C2CCC(C)CC2)cc1F. The Morgan fingerprint density at radius 1 is 0.718 bits per heavy atom. The molecule has 210 valence electrons. The van der Waals surface area contributed by atoms with Crippen molar-refractivity contribution in [3.63, 3.8) is 0 Å². The van der Waals surface area contributed by atoms with Gasteiger partial charge in [-0.05, 0) is 107 Å². The largest absolute Gasteiger partial charge is 0.493 e. The zero-order valence-corrected chi connectivity index (χ0v) is 25.2. The Hall–Kier alpha value is -2.61. The Morgan fingerprint density at radius 3 is 1.87 bits per heavy atom. The van der Waals surface area contributed by atoms with Gasteiger partial charge in [0.1, 0.15) is 11.6 Å². The third-order valence-electron chi connectivity index (χ3n) is 9.21. The van der Waals surface area contributed by atoms with Crippen LogP contribution in [0, 0.1) is 17.7 Å². The van der Waals surface area contributed by atoms with E-state index >= 15 is 4.39 Å². The molecule has 0 atom stereocenters. The monoisotopic (exact) mass is 528 g/mol. The van der Waals surface area contributed by atoms with Crippen molar-refractivity contribution in [3.8, 4) is 28.0 Å². The minimum Gasteiger partial charge on any atom is -0.493 e. The van der Waals surface area contributed by atoms with Gasteiger partial charge in [0.25, 0.3) is 0 Å². The Balaban J connectivity index is 1.64. The summed E-state index contributed by atoms with van der Waals surface area (Å²) in [4.78, 5) is 0. The first kappa shape index (κ1) is 29.4. The second kappa shape index (κ2) is 13.6. The van der Waals surface area contributed by atoms with Gasteiger partial charge in [0.05, 0.1) is 6.61 Å². The smallest absolute Gasteiger partial charge is 0.131 e. The minimum atomic E-state index is -0.0888.